The topological polar surface area (TPSA) is 55.4 Å². The molecule has 0 aliphatic heterocycles. The molecule has 0 spiro atoms. The molecule has 1 aromatic carbocycles. The quantitative estimate of drug-likeness (QED) is 0.688. The van der Waals surface area contributed by atoms with Crippen molar-refractivity contribution in [3.63, 3.8) is 0 Å². The second-order valence-corrected chi connectivity index (χ2v) is 2.87. The first kappa shape index (κ1) is 9.54. The van der Waals surface area contributed by atoms with Crippen LogP contribution >= 0.6 is 0 Å². The van der Waals surface area contributed by atoms with E-state index in [0.717, 1.165) is 5.69 Å². The van der Waals surface area contributed by atoms with E-state index in [1.807, 2.05) is 19.0 Å². The minimum Gasteiger partial charge on any atom is -0.759 e. The zero-order chi connectivity index (χ0) is 9.84. The minimum atomic E-state index is -0.606. The van der Waals surface area contributed by atoms with Crippen LogP contribution in [0.3, 0.4) is 0 Å². The molecule has 13 heavy (non-hydrogen) atoms. The molecule has 0 bridgehead atoms. The van der Waals surface area contributed by atoms with E-state index in [4.69, 9.17) is 0 Å². The predicted molar refractivity (Wildman–Crippen MR) is 51.6 cm³/mol. The molecule has 0 heterocycles. The number of amides is 1. The third kappa shape index (κ3) is 2.19. The van der Waals surface area contributed by atoms with Crippen molar-refractivity contribution in [3.8, 4) is 0 Å². The molecule has 4 heteroatoms. The summed E-state index contributed by atoms with van der Waals surface area (Å²) in [4.78, 5) is 12.8. The van der Waals surface area contributed by atoms with Crippen molar-refractivity contribution in [3.05, 3.63) is 35.0 Å². The molecule has 0 radical (unpaired) electrons. The standard InChI is InChI=1S/C9H11N2O2/c1-11(2)8-5-3-7(4-6-8)9(12)10-13/h3-6H,1-2H3,(H-,10,12,13)/q-1. The van der Waals surface area contributed by atoms with E-state index in [1.54, 1.807) is 24.3 Å². The SMILES string of the molecule is CN(C)c1ccc(C(=O)N[O-])cc1. The molecule has 0 saturated heterocycles. The van der Waals surface area contributed by atoms with Crippen LogP contribution in [0.15, 0.2) is 24.3 Å². The zero-order valence-electron chi connectivity index (χ0n) is 7.57. The van der Waals surface area contributed by atoms with Crippen LogP contribution in [0.2, 0.25) is 0 Å². The van der Waals surface area contributed by atoms with Crippen molar-refractivity contribution in [2.24, 2.45) is 0 Å². The van der Waals surface area contributed by atoms with Gasteiger partial charge in [-0.1, -0.05) is 0 Å². The number of carbonyl (C=O) groups is 1. The summed E-state index contributed by atoms with van der Waals surface area (Å²) in [6.07, 6.45) is 0. The van der Waals surface area contributed by atoms with E-state index in [1.165, 1.54) is 5.48 Å². The van der Waals surface area contributed by atoms with Crippen molar-refractivity contribution in [1.82, 2.24) is 5.48 Å². The maximum absolute atomic E-state index is 10.9. The Balaban J connectivity index is 2.87. The molecule has 0 aliphatic rings. The van der Waals surface area contributed by atoms with Crippen LogP contribution in [0.1, 0.15) is 10.4 Å². The third-order valence-corrected chi connectivity index (χ3v) is 1.74. The van der Waals surface area contributed by atoms with E-state index in [-0.39, 0.29) is 0 Å². The number of benzene rings is 1. The number of rotatable bonds is 2. The maximum Gasteiger partial charge on any atom is 0.240 e. The van der Waals surface area contributed by atoms with E-state index < -0.39 is 5.91 Å². The molecule has 1 aromatic rings. The Morgan fingerprint density at radius 3 is 2.23 bits per heavy atom. The van der Waals surface area contributed by atoms with Gasteiger partial charge in [-0.2, -0.15) is 0 Å². The number of hydrogen-bond acceptors (Lipinski definition) is 3. The third-order valence-electron chi connectivity index (χ3n) is 1.74. The van der Waals surface area contributed by atoms with Gasteiger partial charge in [-0.05, 0) is 24.3 Å². The minimum absolute atomic E-state index is 0.376. The van der Waals surface area contributed by atoms with E-state index in [2.05, 4.69) is 0 Å². The molecular formula is C9H11N2O2-. The maximum atomic E-state index is 10.9. The van der Waals surface area contributed by atoms with Crippen LogP contribution < -0.4 is 10.4 Å². The highest BCUT2D eigenvalue weighted by molar-refractivity contribution is 5.94. The van der Waals surface area contributed by atoms with Crippen molar-refractivity contribution in [2.75, 3.05) is 19.0 Å². The van der Waals surface area contributed by atoms with Crippen LogP contribution in [0.25, 0.3) is 0 Å². The summed E-state index contributed by atoms with van der Waals surface area (Å²) < 4.78 is 0. The van der Waals surface area contributed by atoms with Crippen LogP contribution in [0, 0.1) is 5.21 Å². The lowest BCUT2D eigenvalue weighted by Crippen LogP contribution is -2.16. The summed E-state index contributed by atoms with van der Waals surface area (Å²) in [7, 11) is 3.81. The summed E-state index contributed by atoms with van der Waals surface area (Å²) in [5.74, 6) is -0.606. The number of hydroxylamine groups is 1. The van der Waals surface area contributed by atoms with Gasteiger partial charge in [0, 0.05) is 25.3 Å². The monoisotopic (exact) mass is 179 g/mol. The van der Waals surface area contributed by atoms with Crippen LogP contribution in [-0.2, 0) is 0 Å². The van der Waals surface area contributed by atoms with Crippen LogP contribution in [0.5, 0.6) is 0 Å². The highest BCUT2D eigenvalue weighted by atomic mass is 16.5. The average molecular weight is 179 g/mol. The van der Waals surface area contributed by atoms with Crippen LogP contribution in [0.4, 0.5) is 5.69 Å². The predicted octanol–water partition coefficient (Wildman–Crippen LogP) is 0.980. The lowest BCUT2D eigenvalue weighted by atomic mass is 10.2. The van der Waals surface area contributed by atoms with Gasteiger partial charge in [-0.15, -0.1) is 0 Å². The largest absolute Gasteiger partial charge is 0.759 e. The van der Waals surface area contributed by atoms with Crippen LogP contribution in [-0.4, -0.2) is 20.0 Å². The summed E-state index contributed by atoms with van der Waals surface area (Å²) in [5.41, 5.74) is 2.69. The first-order chi connectivity index (χ1) is 6.15. The molecular weight excluding hydrogens is 168 g/mol. The second kappa shape index (κ2) is 3.91. The molecule has 70 valence electrons. The Morgan fingerprint density at radius 1 is 1.31 bits per heavy atom. The van der Waals surface area contributed by atoms with Gasteiger partial charge in [-0.25, -0.2) is 0 Å². The Labute approximate surface area is 76.7 Å². The van der Waals surface area contributed by atoms with Crippen molar-refractivity contribution >= 4 is 11.6 Å². The average Bonchev–Trinajstić information content (AvgIpc) is 2.17. The van der Waals surface area contributed by atoms with Gasteiger partial charge in [-0.3, -0.25) is 4.79 Å². The number of hydrogen-bond donors (Lipinski definition) is 1. The normalized spacial score (nSPS) is 9.46. The highest BCUT2D eigenvalue weighted by Gasteiger charge is 2.00. The molecule has 0 aromatic heterocycles. The van der Waals surface area contributed by atoms with Gasteiger partial charge in [0.1, 0.15) is 0 Å². The van der Waals surface area contributed by atoms with E-state index in [9.17, 15) is 10.0 Å². The van der Waals surface area contributed by atoms with Gasteiger partial charge in [0.05, 0.1) is 0 Å². The van der Waals surface area contributed by atoms with Gasteiger partial charge in [0.2, 0.25) is 5.91 Å². The summed E-state index contributed by atoms with van der Waals surface area (Å²) in [5, 5.41) is 10.0. The Bertz CT molecular complexity index is 293. The molecule has 0 fully saturated rings. The first-order valence-electron chi connectivity index (χ1n) is 3.85. The zero-order valence-corrected chi connectivity index (χ0v) is 7.57. The molecule has 0 unspecified atom stereocenters. The highest BCUT2D eigenvalue weighted by Crippen LogP contribution is 2.11. The van der Waals surface area contributed by atoms with Gasteiger partial charge < -0.3 is 15.6 Å². The number of nitrogens with one attached hydrogen (secondary N) is 1. The second-order valence-electron chi connectivity index (χ2n) is 2.87. The van der Waals surface area contributed by atoms with Gasteiger partial charge >= 0.3 is 0 Å². The smallest absolute Gasteiger partial charge is 0.240 e. The molecule has 0 atom stereocenters. The summed E-state index contributed by atoms with van der Waals surface area (Å²) in [6, 6.07) is 6.79. The Hall–Kier alpha value is -1.55. The number of anilines is 1. The van der Waals surface area contributed by atoms with E-state index >= 15 is 0 Å². The lowest BCUT2D eigenvalue weighted by molar-refractivity contribution is 0.0970. The van der Waals surface area contributed by atoms with Crippen molar-refractivity contribution < 1.29 is 4.79 Å². The summed E-state index contributed by atoms with van der Waals surface area (Å²) in [6.45, 7) is 0. The molecule has 1 N–H and O–H groups in total. The first-order valence-corrected chi connectivity index (χ1v) is 3.85. The number of nitrogens with zero attached hydrogens (tertiary/aromatic N) is 1. The lowest BCUT2D eigenvalue weighted by Gasteiger charge is -2.13. The molecule has 0 saturated carbocycles. The molecule has 0 aliphatic carbocycles. The fraction of sp³-hybridized carbons (Fsp3) is 0.222. The summed E-state index contributed by atoms with van der Waals surface area (Å²) >= 11 is 0. The Kier molecular flexibility index (Phi) is 2.87. The van der Waals surface area contributed by atoms with Gasteiger partial charge in [0.15, 0.2) is 0 Å². The number of carbonyl (C=O) groups excluding carboxylic acids is 1. The van der Waals surface area contributed by atoms with Gasteiger partial charge in [0.25, 0.3) is 0 Å². The van der Waals surface area contributed by atoms with Crippen molar-refractivity contribution in [1.29, 1.82) is 0 Å². The fourth-order valence-corrected chi connectivity index (χ4v) is 0.970. The molecule has 1 amide bonds. The Morgan fingerprint density at radius 2 is 1.85 bits per heavy atom. The fourth-order valence-electron chi connectivity index (χ4n) is 0.970. The molecule has 4 nitrogen and oxygen atoms in total. The van der Waals surface area contributed by atoms with Crippen molar-refractivity contribution in [2.45, 2.75) is 0 Å². The molecule has 1 rings (SSSR count). The van der Waals surface area contributed by atoms with E-state index in [0.29, 0.717) is 5.56 Å².